The molecule has 118 valence electrons. The van der Waals surface area contributed by atoms with Gasteiger partial charge in [0, 0.05) is 13.0 Å². The molecule has 0 aromatic heterocycles. The van der Waals surface area contributed by atoms with Gasteiger partial charge in [0.2, 0.25) is 29.1 Å². The number of hydrogen-bond donors (Lipinski definition) is 1. The summed E-state index contributed by atoms with van der Waals surface area (Å²) in [5.74, 6) is -11.8. The second-order valence-corrected chi connectivity index (χ2v) is 4.69. The minimum absolute atomic E-state index is 0.0200. The maximum absolute atomic E-state index is 13.5. The Kier molecular flexibility index (Phi) is 4.67. The molecule has 1 N–H and O–H groups in total. The van der Waals surface area contributed by atoms with Crippen LogP contribution < -0.4 is 4.74 Å². The molecule has 1 saturated carbocycles. The summed E-state index contributed by atoms with van der Waals surface area (Å²) >= 11 is 0. The van der Waals surface area contributed by atoms with Gasteiger partial charge in [-0.05, 0) is 6.42 Å². The van der Waals surface area contributed by atoms with E-state index in [4.69, 9.17) is 9.47 Å². The van der Waals surface area contributed by atoms with Crippen molar-refractivity contribution in [1.82, 2.24) is 0 Å². The lowest BCUT2D eigenvalue weighted by molar-refractivity contribution is -0.164. The number of rotatable bonds is 5. The van der Waals surface area contributed by atoms with Gasteiger partial charge in [-0.1, -0.05) is 6.92 Å². The first kappa shape index (κ1) is 16.0. The van der Waals surface area contributed by atoms with Crippen molar-refractivity contribution in [3.05, 3.63) is 29.1 Å². The molecule has 0 saturated heterocycles. The highest BCUT2D eigenvalue weighted by atomic mass is 19.2. The molecule has 3 unspecified atom stereocenters. The Hall–Kier alpha value is -1.41. The van der Waals surface area contributed by atoms with Crippen LogP contribution in [0, 0.1) is 29.1 Å². The van der Waals surface area contributed by atoms with Crippen LogP contribution in [0.2, 0.25) is 0 Å². The zero-order chi connectivity index (χ0) is 15.7. The van der Waals surface area contributed by atoms with Crippen molar-refractivity contribution < 1.29 is 36.5 Å². The van der Waals surface area contributed by atoms with Gasteiger partial charge in [-0.2, -0.15) is 8.78 Å². The Balaban J connectivity index is 2.21. The van der Waals surface area contributed by atoms with E-state index in [9.17, 15) is 27.1 Å². The van der Waals surface area contributed by atoms with Gasteiger partial charge in [-0.3, -0.25) is 0 Å². The van der Waals surface area contributed by atoms with Crippen LogP contribution in [0.1, 0.15) is 19.8 Å². The van der Waals surface area contributed by atoms with Crippen LogP contribution in [0.25, 0.3) is 0 Å². The SMILES string of the molecule is CCCOC1C(O)CC1Oc1c(F)c(F)c(F)c(F)c1F. The van der Waals surface area contributed by atoms with Gasteiger partial charge in [-0.25, -0.2) is 13.2 Å². The number of halogens is 5. The highest BCUT2D eigenvalue weighted by Crippen LogP contribution is 2.34. The fourth-order valence-corrected chi connectivity index (χ4v) is 1.99. The molecule has 0 heterocycles. The largest absolute Gasteiger partial charge is 0.481 e. The molecular weight excluding hydrogens is 299 g/mol. The summed E-state index contributed by atoms with van der Waals surface area (Å²) < 4.78 is 75.9. The van der Waals surface area contributed by atoms with Crippen LogP contribution in [-0.4, -0.2) is 30.0 Å². The molecule has 21 heavy (non-hydrogen) atoms. The fraction of sp³-hybridized carbons (Fsp3) is 0.538. The number of benzene rings is 1. The van der Waals surface area contributed by atoms with Gasteiger partial charge in [-0.15, -0.1) is 0 Å². The minimum Gasteiger partial charge on any atom is -0.481 e. The maximum Gasteiger partial charge on any atom is 0.207 e. The Morgan fingerprint density at radius 2 is 1.52 bits per heavy atom. The van der Waals surface area contributed by atoms with Gasteiger partial charge in [0.05, 0.1) is 6.10 Å². The Morgan fingerprint density at radius 3 is 2.00 bits per heavy atom. The first-order valence-electron chi connectivity index (χ1n) is 6.36. The molecule has 0 bridgehead atoms. The first-order chi connectivity index (χ1) is 9.88. The summed E-state index contributed by atoms with van der Waals surface area (Å²) in [6.45, 7) is 2.09. The van der Waals surface area contributed by atoms with Crippen LogP contribution in [-0.2, 0) is 4.74 Å². The van der Waals surface area contributed by atoms with Crippen LogP contribution in [0.4, 0.5) is 22.0 Å². The van der Waals surface area contributed by atoms with Crippen LogP contribution in [0.5, 0.6) is 5.75 Å². The smallest absolute Gasteiger partial charge is 0.207 e. The minimum atomic E-state index is -2.25. The molecule has 0 spiro atoms. The number of ether oxygens (including phenoxy) is 2. The molecule has 1 fully saturated rings. The number of aliphatic hydroxyl groups excluding tert-OH is 1. The lowest BCUT2D eigenvalue weighted by Gasteiger charge is -2.40. The van der Waals surface area contributed by atoms with Crippen molar-refractivity contribution in [3.8, 4) is 5.75 Å². The average Bonchev–Trinajstić information content (AvgIpc) is 2.46. The lowest BCUT2D eigenvalue weighted by Crippen LogP contribution is -2.55. The highest BCUT2D eigenvalue weighted by Gasteiger charge is 2.44. The van der Waals surface area contributed by atoms with Gasteiger partial charge in [0.15, 0.2) is 5.75 Å². The van der Waals surface area contributed by atoms with Crippen molar-refractivity contribution >= 4 is 0 Å². The molecule has 3 atom stereocenters. The average molecular weight is 312 g/mol. The molecule has 0 amide bonds. The van der Waals surface area contributed by atoms with E-state index in [1.54, 1.807) is 0 Å². The second-order valence-electron chi connectivity index (χ2n) is 4.69. The van der Waals surface area contributed by atoms with Crippen LogP contribution >= 0.6 is 0 Å². The molecule has 0 aliphatic heterocycles. The van der Waals surface area contributed by atoms with E-state index in [1.165, 1.54) is 0 Å². The van der Waals surface area contributed by atoms with E-state index in [-0.39, 0.29) is 13.0 Å². The molecule has 8 heteroatoms. The molecule has 2 rings (SSSR count). The predicted molar refractivity (Wildman–Crippen MR) is 61.3 cm³/mol. The summed E-state index contributed by atoms with van der Waals surface area (Å²) in [5, 5.41) is 9.47. The van der Waals surface area contributed by atoms with Crippen molar-refractivity contribution in [3.63, 3.8) is 0 Å². The van der Waals surface area contributed by atoms with Crippen molar-refractivity contribution in [1.29, 1.82) is 0 Å². The quantitative estimate of drug-likeness (QED) is 0.516. The Morgan fingerprint density at radius 1 is 1.00 bits per heavy atom. The van der Waals surface area contributed by atoms with Crippen molar-refractivity contribution in [2.45, 2.75) is 38.1 Å². The zero-order valence-corrected chi connectivity index (χ0v) is 11.0. The van der Waals surface area contributed by atoms with Gasteiger partial charge < -0.3 is 14.6 Å². The summed E-state index contributed by atoms with van der Waals surface area (Å²) in [4.78, 5) is 0. The van der Waals surface area contributed by atoms with E-state index in [0.717, 1.165) is 0 Å². The van der Waals surface area contributed by atoms with Crippen LogP contribution in [0.15, 0.2) is 0 Å². The van der Waals surface area contributed by atoms with E-state index >= 15 is 0 Å². The Labute approximate surface area is 117 Å². The lowest BCUT2D eigenvalue weighted by atomic mass is 9.88. The van der Waals surface area contributed by atoms with Gasteiger partial charge >= 0.3 is 0 Å². The molecule has 1 aromatic rings. The van der Waals surface area contributed by atoms with Crippen molar-refractivity contribution in [2.24, 2.45) is 0 Å². The Bertz CT molecular complexity index is 508. The number of hydrogen-bond acceptors (Lipinski definition) is 3. The van der Waals surface area contributed by atoms with Crippen molar-refractivity contribution in [2.75, 3.05) is 6.61 Å². The third kappa shape index (κ3) is 2.82. The molecule has 1 aliphatic rings. The highest BCUT2D eigenvalue weighted by molar-refractivity contribution is 5.30. The zero-order valence-electron chi connectivity index (χ0n) is 11.0. The molecule has 3 nitrogen and oxygen atoms in total. The fourth-order valence-electron chi connectivity index (χ4n) is 1.99. The summed E-state index contributed by atoms with van der Waals surface area (Å²) in [6, 6.07) is 0. The van der Waals surface area contributed by atoms with E-state index in [2.05, 4.69) is 0 Å². The summed E-state index contributed by atoms with van der Waals surface area (Å²) in [6.07, 6.45) is -2.12. The van der Waals surface area contributed by atoms with Crippen LogP contribution in [0.3, 0.4) is 0 Å². The van der Waals surface area contributed by atoms with E-state index in [0.29, 0.717) is 6.42 Å². The molecule has 1 aromatic carbocycles. The monoisotopic (exact) mass is 312 g/mol. The van der Waals surface area contributed by atoms with Gasteiger partial charge in [0.25, 0.3) is 0 Å². The summed E-state index contributed by atoms with van der Waals surface area (Å²) in [5.41, 5.74) is 0. The molecule has 0 radical (unpaired) electrons. The second kappa shape index (κ2) is 6.15. The first-order valence-corrected chi connectivity index (χ1v) is 6.36. The molecule has 1 aliphatic carbocycles. The summed E-state index contributed by atoms with van der Waals surface area (Å²) in [7, 11) is 0. The maximum atomic E-state index is 13.5. The molecular formula is C13H13F5O3. The third-order valence-electron chi connectivity index (χ3n) is 3.17. The van der Waals surface area contributed by atoms with E-state index in [1.807, 2.05) is 6.92 Å². The van der Waals surface area contributed by atoms with E-state index < -0.39 is 53.1 Å². The number of aliphatic hydroxyl groups is 1. The topological polar surface area (TPSA) is 38.7 Å². The third-order valence-corrected chi connectivity index (χ3v) is 3.17. The standard InChI is InChI=1S/C13H13F5O3/c1-2-3-20-12-5(19)4-6(12)21-13-10(17)8(15)7(14)9(16)11(13)18/h5-6,12,19H,2-4H2,1H3. The van der Waals surface area contributed by atoms with Gasteiger partial charge in [0.1, 0.15) is 12.2 Å². The normalized spacial score (nSPS) is 24.8. The predicted octanol–water partition coefficient (Wildman–Crippen LogP) is 2.69.